The van der Waals surface area contributed by atoms with Crippen molar-refractivity contribution < 1.29 is 14.3 Å². The molecule has 21 heavy (non-hydrogen) atoms. The maximum Gasteiger partial charge on any atom is 0.407 e. The van der Waals surface area contributed by atoms with E-state index in [1.54, 1.807) is 7.11 Å². The fourth-order valence-corrected chi connectivity index (χ4v) is 2.83. The average molecular weight is 293 g/mol. The van der Waals surface area contributed by atoms with E-state index in [4.69, 9.17) is 10.5 Å². The molecule has 0 aromatic heterocycles. The lowest BCUT2D eigenvalue weighted by Gasteiger charge is -2.28. The van der Waals surface area contributed by atoms with Gasteiger partial charge in [0.2, 0.25) is 0 Å². The monoisotopic (exact) mass is 293 g/mol. The molecule has 1 aromatic rings. The molecule has 3 N–H and O–H groups in total. The summed E-state index contributed by atoms with van der Waals surface area (Å²) in [4.78, 5) is 13.6. The van der Waals surface area contributed by atoms with E-state index >= 15 is 0 Å². The van der Waals surface area contributed by atoms with Crippen LogP contribution in [0, 0.1) is 0 Å². The van der Waals surface area contributed by atoms with Crippen LogP contribution < -0.4 is 15.8 Å². The standard InChI is InChI=1S/C15H23N3O3/c1-20-14-6-4-3-5-12(14)13(9-16)18-8-7-11(10-18)17-15(19)21-2/h3-6,11,13H,7-10,16H2,1-2H3,(H,17,19). The van der Waals surface area contributed by atoms with Crippen LogP contribution in [0.5, 0.6) is 5.75 Å². The van der Waals surface area contributed by atoms with E-state index in [9.17, 15) is 4.79 Å². The Bertz CT molecular complexity index is 481. The Morgan fingerprint density at radius 2 is 2.24 bits per heavy atom. The first-order chi connectivity index (χ1) is 10.2. The third kappa shape index (κ3) is 3.65. The number of para-hydroxylation sites is 1. The third-order valence-corrected chi connectivity index (χ3v) is 3.89. The first-order valence-electron chi connectivity index (χ1n) is 7.11. The summed E-state index contributed by atoms with van der Waals surface area (Å²) >= 11 is 0. The van der Waals surface area contributed by atoms with Crippen LogP contribution in [0.1, 0.15) is 18.0 Å². The molecule has 0 aliphatic carbocycles. The van der Waals surface area contributed by atoms with Crippen molar-refractivity contribution in [2.75, 3.05) is 33.9 Å². The Hall–Kier alpha value is -1.79. The van der Waals surface area contributed by atoms with E-state index in [0.717, 1.165) is 30.8 Å². The molecule has 0 bridgehead atoms. The molecule has 0 saturated carbocycles. The van der Waals surface area contributed by atoms with Gasteiger partial charge in [0, 0.05) is 31.2 Å². The van der Waals surface area contributed by atoms with Gasteiger partial charge in [0.25, 0.3) is 0 Å². The number of nitrogens with two attached hydrogens (primary N) is 1. The number of carbonyl (C=O) groups excluding carboxylic acids is 1. The summed E-state index contributed by atoms with van der Waals surface area (Å²) in [7, 11) is 3.04. The zero-order chi connectivity index (χ0) is 15.2. The van der Waals surface area contributed by atoms with Crippen LogP contribution in [0.3, 0.4) is 0 Å². The topological polar surface area (TPSA) is 76.8 Å². The molecule has 1 amide bonds. The number of nitrogens with one attached hydrogen (secondary N) is 1. The van der Waals surface area contributed by atoms with Crippen LogP contribution in [0.4, 0.5) is 4.79 Å². The zero-order valence-corrected chi connectivity index (χ0v) is 12.5. The number of hydrogen-bond donors (Lipinski definition) is 2. The molecule has 1 heterocycles. The number of nitrogens with zero attached hydrogens (tertiary/aromatic N) is 1. The van der Waals surface area contributed by atoms with E-state index < -0.39 is 0 Å². The van der Waals surface area contributed by atoms with Gasteiger partial charge in [0.15, 0.2) is 0 Å². The number of rotatable bonds is 5. The highest BCUT2D eigenvalue weighted by Crippen LogP contribution is 2.30. The van der Waals surface area contributed by atoms with Gasteiger partial charge in [0.05, 0.1) is 20.3 Å². The minimum Gasteiger partial charge on any atom is -0.496 e. The normalized spacial score (nSPS) is 20.0. The molecule has 0 spiro atoms. The maximum absolute atomic E-state index is 11.3. The van der Waals surface area contributed by atoms with Crippen molar-refractivity contribution in [3.63, 3.8) is 0 Å². The number of methoxy groups -OCH3 is 2. The lowest BCUT2D eigenvalue weighted by Crippen LogP contribution is -2.39. The average Bonchev–Trinajstić information content (AvgIpc) is 2.96. The van der Waals surface area contributed by atoms with Crippen LogP contribution in [-0.2, 0) is 4.74 Å². The number of alkyl carbamates (subject to hydrolysis) is 1. The van der Waals surface area contributed by atoms with Crippen molar-refractivity contribution in [2.45, 2.75) is 18.5 Å². The fraction of sp³-hybridized carbons (Fsp3) is 0.533. The van der Waals surface area contributed by atoms with Crippen molar-refractivity contribution >= 4 is 6.09 Å². The van der Waals surface area contributed by atoms with Gasteiger partial charge >= 0.3 is 6.09 Å². The van der Waals surface area contributed by atoms with Gasteiger partial charge in [-0.1, -0.05) is 18.2 Å². The highest BCUT2D eigenvalue weighted by molar-refractivity contribution is 5.67. The van der Waals surface area contributed by atoms with Crippen molar-refractivity contribution in [2.24, 2.45) is 5.73 Å². The second-order valence-electron chi connectivity index (χ2n) is 5.11. The molecule has 116 valence electrons. The second-order valence-corrected chi connectivity index (χ2v) is 5.11. The minimum atomic E-state index is -0.386. The summed E-state index contributed by atoms with van der Waals surface area (Å²) in [5, 5.41) is 2.84. The Kier molecular flexibility index (Phi) is 5.41. The molecule has 1 saturated heterocycles. The summed E-state index contributed by atoms with van der Waals surface area (Å²) in [5.74, 6) is 0.845. The molecule has 2 rings (SSSR count). The van der Waals surface area contributed by atoms with Crippen molar-refractivity contribution in [3.8, 4) is 5.75 Å². The quantitative estimate of drug-likeness (QED) is 0.851. The molecule has 1 aliphatic rings. The van der Waals surface area contributed by atoms with Crippen LogP contribution in [0.2, 0.25) is 0 Å². The number of amides is 1. The molecule has 2 atom stereocenters. The van der Waals surface area contributed by atoms with Crippen LogP contribution in [0.15, 0.2) is 24.3 Å². The Labute approximate surface area is 125 Å². The van der Waals surface area contributed by atoms with Gasteiger partial charge in [-0.25, -0.2) is 4.79 Å². The molecule has 6 nitrogen and oxygen atoms in total. The van der Waals surface area contributed by atoms with Crippen molar-refractivity contribution in [1.29, 1.82) is 0 Å². The first-order valence-corrected chi connectivity index (χ1v) is 7.11. The molecule has 6 heteroatoms. The number of ether oxygens (including phenoxy) is 2. The molecule has 1 fully saturated rings. The predicted molar refractivity (Wildman–Crippen MR) is 80.3 cm³/mol. The molecular weight excluding hydrogens is 270 g/mol. The maximum atomic E-state index is 11.3. The van der Waals surface area contributed by atoms with Crippen molar-refractivity contribution in [3.05, 3.63) is 29.8 Å². The highest BCUT2D eigenvalue weighted by atomic mass is 16.5. The van der Waals surface area contributed by atoms with Gasteiger partial charge in [0.1, 0.15) is 5.75 Å². The second kappa shape index (κ2) is 7.28. The summed E-state index contributed by atoms with van der Waals surface area (Å²) in [6, 6.07) is 8.10. The Balaban J connectivity index is 2.07. The number of likely N-dealkylation sites (tertiary alicyclic amines) is 1. The predicted octanol–water partition coefficient (Wildman–Crippen LogP) is 1.13. The summed E-state index contributed by atoms with van der Waals surface area (Å²) < 4.78 is 10.1. The Morgan fingerprint density at radius 1 is 1.48 bits per heavy atom. The molecule has 2 unspecified atom stereocenters. The van der Waals surface area contributed by atoms with E-state index in [-0.39, 0.29) is 18.2 Å². The largest absolute Gasteiger partial charge is 0.496 e. The van der Waals surface area contributed by atoms with Gasteiger partial charge in [-0.2, -0.15) is 0 Å². The molecule has 0 radical (unpaired) electrons. The van der Waals surface area contributed by atoms with Gasteiger partial charge < -0.3 is 20.5 Å². The third-order valence-electron chi connectivity index (χ3n) is 3.89. The first kappa shape index (κ1) is 15.6. The van der Waals surface area contributed by atoms with E-state index in [1.807, 2.05) is 24.3 Å². The number of hydrogen-bond acceptors (Lipinski definition) is 5. The van der Waals surface area contributed by atoms with Gasteiger partial charge in [-0.05, 0) is 12.5 Å². The van der Waals surface area contributed by atoms with Gasteiger partial charge in [-0.15, -0.1) is 0 Å². The minimum absolute atomic E-state index is 0.0885. The lowest BCUT2D eigenvalue weighted by atomic mass is 10.0. The molecule has 1 aliphatic heterocycles. The SMILES string of the molecule is COC(=O)NC1CCN(C(CN)c2ccccc2OC)C1. The molecular formula is C15H23N3O3. The summed E-state index contributed by atoms with van der Waals surface area (Å²) in [6.07, 6.45) is 0.504. The van der Waals surface area contributed by atoms with E-state index in [1.165, 1.54) is 7.11 Å². The number of benzene rings is 1. The fourth-order valence-electron chi connectivity index (χ4n) is 2.83. The van der Waals surface area contributed by atoms with Crippen LogP contribution in [0.25, 0.3) is 0 Å². The summed E-state index contributed by atoms with van der Waals surface area (Å²) in [5.41, 5.74) is 7.06. The Morgan fingerprint density at radius 3 is 2.90 bits per heavy atom. The van der Waals surface area contributed by atoms with Crippen LogP contribution in [-0.4, -0.2) is 50.9 Å². The zero-order valence-electron chi connectivity index (χ0n) is 12.5. The van der Waals surface area contributed by atoms with Gasteiger partial charge in [-0.3, -0.25) is 4.90 Å². The lowest BCUT2D eigenvalue weighted by molar-refractivity contribution is 0.165. The summed E-state index contributed by atoms with van der Waals surface area (Å²) in [6.45, 7) is 2.15. The smallest absolute Gasteiger partial charge is 0.407 e. The molecule has 1 aromatic carbocycles. The van der Waals surface area contributed by atoms with Crippen LogP contribution >= 0.6 is 0 Å². The van der Waals surface area contributed by atoms with E-state index in [2.05, 4.69) is 15.0 Å². The van der Waals surface area contributed by atoms with Crippen molar-refractivity contribution in [1.82, 2.24) is 10.2 Å². The number of carbonyl (C=O) groups is 1. The van der Waals surface area contributed by atoms with E-state index in [0.29, 0.717) is 6.54 Å². The highest BCUT2D eigenvalue weighted by Gasteiger charge is 2.30.